The molecule has 0 aromatic heterocycles. The highest BCUT2D eigenvalue weighted by Gasteiger charge is 2.27. The molecule has 1 aliphatic rings. The highest BCUT2D eigenvalue weighted by atomic mass is 14.3. The third kappa shape index (κ3) is 1.78. The Morgan fingerprint density at radius 2 is 1.13 bits per heavy atom. The number of rotatable bonds is 1. The van der Waals surface area contributed by atoms with E-state index in [1.165, 1.54) is 38.6 Å². The van der Waals surface area contributed by atoms with E-state index in [-0.39, 0.29) is 0 Å². The molecule has 0 saturated heterocycles. The molecule has 0 aliphatic heterocycles. The quantitative estimate of drug-likeness (QED) is 0.355. The minimum Gasteiger partial charge on any atom is -0.0622 e. The summed E-state index contributed by atoms with van der Waals surface area (Å²) in [5.41, 5.74) is 6.92. The Morgan fingerprint density at radius 3 is 2.00 bits per heavy atom. The van der Waals surface area contributed by atoms with E-state index in [1.807, 2.05) is 0 Å². The monoisotopic (exact) mass is 292 g/mol. The molecule has 0 radical (unpaired) electrons. The minimum atomic E-state index is 0.311. The van der Waals surface area contributed by atoms with Crippen molar-refractivity contribution in [3.05, 3.63) is 108 Å². The molecule has 0 fully saturated rings. The molecule has 4 aromatic carbocycles. The van der Waals surface area contributed by atoms with E-state index >= 15 is 0 Å². The van der Waals surface area contributed by atoms with Crippen LogP contribution >= 0.6 is 0 Å². The highest BCUT2D eigenvalue weighted by Crippen LogP contribution is 2.47. The maximum Gasteiger partial charge on any atom is 0.0352 e. The Balaban J connectivity index is 1.95. The molecule has 0 spiro atoms. The van der Waals surface area contributed by atoms with Crippen LogP contribution in [0.1, 0.15) is 22.6 Å². The van der Waals surface area contributed by atoms with Gasteiger partial charge in [0.2, 0.25) is 0 Å². The highest BCUT2D eigenvalue weighted by molar-refractivity contribution is 6.03. The van der Waals surface area contributed by atoms with E-state index in [9.17, 15) is 0 Å². The lowest BCUT2D eigenvalue weighted by molar-refractivity contribution is 0.983. The smallest absolute Gasteiger partial charge is 0.0352 e. The Hall–Kier alpha value is -2.86. The Labute approximate surface area is 136 Å². The second kappa shape index (κ2) is 4.82. The van der Waals surface area contributed by atoms with Gasteiger partial charge in [-0.1, -0.05) is 91.0 Å². The van der Waals surface area contributed by atoms with Gasteiger partial charge in [-0.15, -0.1) is 0 Å². The molecule has 0 bridgehead atoms. The summed E-state index contributed by atoms with van der Waals surface area (Å²) >= 11 is 0. The van der Waals surface area contributed by atoms with E-state index in [1.54, 1.807) is 0 Å². The van der Waals surface area contributed by atoms with Crippen molar-refractivity contribution in [2.45, 2.75) is 5.92 Å². The Morgan fingerprint density at radius 1 is 0.478 bits per heavy atom. The molecule has 23 heavy (non-hydrogen) atoms. The molecule has 0 amide bonds. The summed E-state index contributed by atoms with van der Waals surface area (Å²) in [6.07, 6.45) is 0. The van der Waals surface area contributed by atoms with E-state index in [0.29, 0.717) is 5.92 Å². The first-order valence-corrected chi connectivity index (χ1v) is 8.09. The number of hydrogen-bond acceptors (Lipinski definition) is 0. The molecule has 0 nitrogen and oxygen atoms in total. The van der Waals surface area contributed by atoms with Crippen molar-refractivity contribution in [1.29, 1.82) is 0 Å². The Bertz CT molecular complexity index is 1010. The van der Waals surface area contributed by atoms with Gasteiger partial charge in [0, 0.05) is 5.92 Å². The summed E-state index contributed by atoms with van der Waals surface area (Å²) in [5.74, 6) is 0.311. The SMILES string of the molecule is c1ccc(C2c3ccccc3-c3cccc4cccc2c34)cc1. The fourth-order valence-corrected chi connectivity index (χ4v) is 4.00. The van der Waals surface area contributed by atoms with Crippen LogP contribution in [0.2, 0.25) is 0 Å². The van der Waals surface area contributed by atoms with Crippen molar-refractivity contribution in [2.75, 3.05) is 0 Å². The molecular formula is C23H16. The first-order chi connectivity index (χ1) is 11.4. The molecule has 0 heteroatoms. The Kier molecular flexibility index (Phi) is 2.65. The predicted molar refractivity (Wildman–Crippen MR) is 96.8 cm³/mol. The zero-order valence-electron chi connectivity index (χ0n) is 12.7. The van der Waals surface area contributed by atoms with E-state index < -0.39 is 0 Å². The first kappa shape index (κ1) is 12.7. The lowest BCUT2D eigenvalue weighted by Gasteiger charge is -2.29. The molecule has 5 rings (SSSR count). The van der Waals surface area contributed by atoms with E-state index in [4.69, 9.17) is 0 Å². The maximum atomic E-state index is 2.29. The molecule has 1 atom stereocenters. The first-order valence-electron chi connectivity index (χ1n) is 8.09. The summed E-state index contributed by atoms with van der Waals surface area (Å²) in [6, 6.07) is 33.0. The fraction of sp³-hybridized carbons (Fsp3) is 0.0435. The van der Waals surface area contributed by atoms with Gasteiger partial charge >= 0.3 is 0 Å². The van der Waals surface area contributed by atoms with Crippen molar-refractivity contribution in [3.63, 3.8) is 0 Å². The summed E-state index contributed by atoms with van der Waals surface area (Å²) < 4.78 is 0. The average Bonchev–Trinajstić information content (AvgIpc) is 2.63. The average molecular weight is 292 g/mol. The second-order valence-electron chi connectivity index (χ2n) is 6.18. The van der Waals surface area contributed by atoms with Gasteiger partial charge < -0.3 is 0 Å². The third-order valence-electron chi connectivity index (χ3n) is 4.94. The van der Waals surface area contributed by atoms with Crippen LogP contribution in [0, 0.1) is 0 Å². The van der Waals surface area contributed by atoms with Crippen molar-refractivity contribution in [3.8, 4) is 11.1 Å². The summed E-state index contributed by atoms with van der Waals surface area (Å²) in [7, 11) is 0. The van der Waals surface area contributed by atoms with Crippen LogP contribution in [-0.2, 0) is 0 Å². The van der Waals surface area contributed by atoms with Crippen LogP contribution in [0.3, 0.4) is 0 Å². The molecule has 0 N–H and O–H groups in total. The fourth-order valence-electron chi connectivity index (χ4n) is 4.00. The van der Waals surface area contributed by atoms with Crippen LogP contribution in [0.4, 0.5) is 0 Å². The maximum absolute atomic E-state index is 2.29. The van der Waals surface area contributed by atoms with Crippen LogP contribution < -0.4 is 0 Å². The van der Waals surface area contributed by atoms with Gasteiger partial charge in [0.25, 0.3) is 0 Å². The number of hydrogen-bond donors (Lipinski definition) is 0. The number of fused-ring (bicyclic) bond motifs is 2. The molecule has 108 valence electrons. The van der Waals surface area contributed by atoms with Gasteiger partial charge in [0.05, 0.1) is 0 Å². The summed E-state index contributed by atoms with van der Waals surface area (Å²) in [5, 5.41) is 2.73. The molecule has 0 heterocycles. The number of benzene rings is 4. The zero-order chi connectivity index (χ0) is 15.2. The molecule has 1 aliphatic carbocycles. The van der Waals surface area contributed by atoms with E-state index in [2.05, 4.69) is 91.0 Å². The minimum absolute atomic E-state index is 0.311. The standard InChI is InChI=1S/C23H16/c1-2-8-16(9-3-1)22-19-13-5-4-12-18(19)20-14-6-10-17-11-7-15-21(22)23(17)20/h1-15,22H. The van der Waals surface area contributed by atoms with Crippen LogP contribution in [0.15, 0.2) is 91.0 Å². The van der Waals surface area contributed by atoms with Gasteiger partial charge in [-0.3, -0.25) is 0 Å². The van der Waals surface area contributed by atoms with Crippen molar-refractivity contribution < 1.29 is 0 Å². The van der Waals surface area contributed by atoms with Crippen LogP contribution in [-0.4, -0.2) is 0 Å². The van der Waals surface area contributed by atoms with Gasteiger partial charge in [0.1, 0.15) is 0 Å². The normalized spacial score (nSPS) is 15.4. The van der Waals surface area contributed by atoms with Gasteiger partial charge in [-0.25, -0.2) is 0 Å². The third-order valence-corrected chi connectivity index (χ3v) is 4.94. The van der Waals surface area contributed by atoms with Crippen molar-refractivity contribution in [2.24, 2.45) is 0 Å². The summed E-state index contributed by atoms with van der Waals surface area (Å²) in [6.45, 7) is 0. The van der Waals surface area contributed by atoms with Crippen molar-refractivity contribution in [1.82, 2.24) is 0 Å². The topological polar surface area (TPSA) is 0 Å². The molecular weight excluding hydrogens is 276 g/mol. The van der Waals surface area contributed by atoms with Gasteiger partial charge in [-0.2, -0.15) is 0 Å². The lowest BCUT2D eigenvalue weighted by Crippen LogP contribution is -2.10. The van der Waals surface area contributed by atoms with Gasteiger partial charge in [0.15, 0.2) is 0 Å². The molecule has 0 saturated carbocycles. The zero-order valence-corrected chi connectivity index (χ0v) is 12.7. The van der Waals surface area contributed by atoms with Crippen molar-refractivity contribution >= 4 is 10.8 Å². The van der Waals surface area contributed by atoms with E-state index in [0.717, 1.165) is 0 Å². The second-order valence-corrected chi connectivity index (χ2v) is 6.18. The molecule has 4 aromatic rings. The van der Waals surface area contributed by atoms with Crippen LogP contribution in [0.25, 0.3) is 21.9 Å². The van der Waals surface area contributed by atoms with Gasteiger partial charge in [-0.05, 0) is 38.6 Å². The predicted octanol–water partition coefficient (Wildman–Crippen LogP) is 6.00. The molecule has 1 unspecified atom stereocenters. The summed E-state index contributed by atoms with van der Waals surface area (Å²) in [4.78, 5) is 0. The lowest BCUT2D eigenvalue weighted by atomic mass is 9.74. The van der Waals surface area contributed by atoms with Crippen LogP contribution in [0.5, 0.6) is 0 Å². The largest absolute Gasteiger partial charge is 0.0622 e.